The van der Waals surface area contributed by atoms with Crippen LogP contribution in [-0.4, -0.2) is 83.0 Å². The average molecular weight is 480 g/mol. The zero-order valence-electron chi connectivity index (χ0n) is 19.3. The molecule has 0 radical (unpaired) electrons. The van der Waals surface area contributed by atoms with Crippen LogP contribution in [-0.2, 0) is 11.2 Å². The van der Waals surface area contributed by atoms with Crippen molar-refractivity contribution in [3.63, 3.8) is 0 Å². The number of hydrogen-bond donors (Lipinski definition) is 2. The molecule has 1 aromatic carbocycles. The van der Waals surface area contributed by atoms with E-state index in [0.29, 0.717) is 41.6 Å². The SMILES string of the molecule is CN1CCN(c2nc(NC3=NCC(CO)=C3)nc(Sc3ccc(CC(=O)C4CC4)cc3)n2)CC1. The molecular weight excluding hydrogens is 450 g/mol. The lowest BCUT2D eigenvalue weighted by Gasteiger charge is -2.32. The first-order chi connectivity index (χ1) is 16.6. The van der Waals surface area contributed by atoms with E-state index >= 15 is 0 Å². The van der Waals surface area contributed by atoms with E-state index < -0.39 is 0 Å². The summed E-state index contributed by atoms with van der Waals surface area (Å²) in [5.41, 5.74) is 1.90. The number of Topliss-reactive ketones (excluding diaryl/α,β-unsaturated/α-hetero) is 1. The van der Waals surface area contributed by atoms with Crippen molar-refractivity contribution < 1.29 is 9.90 Å². The van der Waals surface area contributed by atoms with E-state index in [1.807, 2.05) is 30.3 Å². The fraction of sp³-hybridized carbons (Fsp3) is 0.458. The Morgan fingerprint density at radius 3 is 2.56 bits per heavy atom. The molecule has 0 bridgehead atoms. The van der Waals surface area contributed by atoms with E-state index in [9.17, 15) is 9.90 Å². The first-order valence-corrected chi connectivity index (χ1v) is 12.5. The van der Waals surface area contributed by atoms with Gasteiger partial charge in [-0.1, -0.05) is 12.1 Å². The highest BCUT2D eigenvalue weighted by Gasteiger charge is 2.29. The molecule has 1 aromatic heterocycles. The van der Waals surface area contributed by atoms with Crippen molar-refractivity contribution >= 4 is 35.3 Å². The maximum Gasteiger partial charge on any atom is 0.234 e. The Balaban J connectivity index is 1.34. The molecule has 34 heavy (non-hydrogen) atoms. The number of aliphatic hydroxyl groups excluding tert-OH is 1. The lowest BCUT2D eigenvalue weighted by Crippen LogP contribution is -2.45. The van der Waals surface area contributed by atoms with Crippen LogP contribution >= 0.6 is 11.8 Å². The number of anilines is 2. The molecule has 1 saturated heterocycles. The van der Waals surface area contributed by atoms with E-state index in [1.165, 1.54) is 11.8 Å². The number of benzene rings is 1. The Labute approximate surface area is 203 Å². The molecule has 2 aliphatic heterocycles. The summed E-state index contributed by atoms with van der Waals surface area (Å²) in [6.07, 6.45) is 4.42. The van der Waals surface area contributed by atoms with Gasteiger partial charge in [0.1, 0.15) is 11.6 Å². The number of piperazine rings is 1. The van der Waals surface area contributed by atoms with Crippen molar-refractivity contribution in [2.24, 2.45) is 10.9 Å². The highest BCUT2D eigenvalue weighted by Crippen LogP contribution is 2.32. The van der Waals surface area contributed by atoms with Gasteiger partial charge in [0.2, 0.25) is 11.9 Å². The van der Waals surface area contributed by atoms with Crippen LogP contribution in [0.3, 0.4) is 0 Å². The number of rotatable bonds is 8. The second-order valence-corrected chi connectivity index (χ2v) is 10.0. The molecule has 0 amide bonds. The summed E-state index contributed by atoms with van der Waals surface area (Å²) in [4.78, 5) is 36.0. The summed E-state index contributed by atoms with van der Waals surface area (Å²) >= 11 is 1.47. The number of nitrogens with zero attached hydrogens (tertiary/aromatic N) is 6. The molecule has 2 fully saturated rings. The number of aliphatic imine (C=N–C) groups is 1. The van der Waals surface area contributed by atoms with Gasteiger partial charge in [-0.2, -0.15) is 15.0 Å². The Morgan fingerprint density at radius 2 is 1.88 bits per heavy atom. The van der Waals surface area contributed by atoms with Crippen molar-refractivity contribution in [3.05, 3.63) is 41.5 Å². The molecular formula is C24H29N7O2S. The second kappa shape index (κ2) is 10.2. The van der Waals surface area contributed by atoms with Crippen LogP contribution in [0.4, 0.5) is 11.9 Å². The summed E-state index contributed by atoms with van der Waals surface area (Å²) in [6.45, 7) is 4.07. The number of aliphatic hydroxyl groups is 1. The van der Waals surface area contributed by atoms with Gasteiger partial charge in [0.05, 0.1) is 13.2 Å². The van der Waals surface area contributed by atoms with Gasteiger partial charge in [0.15, 0.2) is 5.16 Å². The molecule has 0 atom stereocenters. The minimum atomic E-state index is -0.0121. The van der Waals surface area contributed by atoms with Crippen LogP contribution in [0.25, 0.3) is 0 Å². The Kier molecular flexibility index (Phi) is 6.89. The molecule has 9 nitrogen and oxygen atoms in total. The summed E-state index contributed by atoms with van der Waals surface area (Å²) in [7, 11) is 2.12. The summed E-state index contributed by atoms with van der Waals surface area (Å²) < 4.78 is 0. The standard InChI is InChI=1S/C24H29N7O2S/c1-30-8-10-31(11-9-30)23-27-22(26-21-13-17(15-32)14-25-21)28-24(29-23)34-19-6-2-16(3-7-19)12-20(33)18-4-5-18/h2-3,6-7,13,18,32H,4-5,8-12,14-15H2,1H3,(H,25,26,27,28,29). The number of carbonyl (C=O) groups is 1. The zero-order valence-corrected chi connectivity index (χ0v) is 20.1. The molecule has 178 valence electrons. The molecule has 3 aliphatic rings. The largest absolute Gasteiger partial charge is 0.392 e. The van der Waals surface area contributed by atoms with E-state index in [1.54, 1.807) is 0 Å². The number of amidine groups is 1. The second-order valence-electron chi connectivity index (χ2n) is 8.98. The van der Waals surface area contributed by atoms with Crippen LogP contribution in [0.1, 0.15) is 18.4 Å². The first-order valence-electron chi connectivity index (χ1n) is 11.7. The third-order valence-corrected chi connectivity index (χ3v) is 7.04. The van der Waals surface area contributed by atoms with Crippen LogP contribution in [0.2, 0.25) is 0 Å². The number of nitrogens with one attached hydrogen (secondary N) is 1. The molecule has 1 aliphatic carbocycles. The summed E-state index contributed by atoms with van der Waals surface area (Å²) in [5.74, 6) is 2.35. The van der Waals surface area contributed by atoms with Crippen molar-refractivity contribution in [1.82, 2.24) is 19.9 Å². The summed E-state index contributed by atoms with van der Waals surface area (Å²) in [5, 5.41) is 13.1. The highest BCUT2D eigenvalue weighted by molar-refractivity contribution is 7.99. The van der Waals surface area contributed by atoms with E-state index in [2.05, 4.69) is 37.1 Å². The molecule has 0 spiro atoms. The van der Waals surface area contributed by atoms with E-state index in [4.69, 9.17) is 4.98 Å². The number of ketones is 1. The Morgan fingerprint density at radius 1 is 1.12 bits per heavy atom. The van der Waals surface area contributed by atoms with Gasteiger partial charge >= 0.3 is 0 Å². The normalized spacial score (nSPS) is 18.6. The van der Waals surface area contributed by atoms with Crippen molar-refractivity contribution in [3.8, 4) is 0 Å². The smallest absolute Gasteiger partial charge is 0.234 e. The monoisotopic (exact) mass is 479 g/mol. The number of aromatic nitrogens is 3. The highest BCUT2D eigenvalue weighted by atomic mass is 32.2. The maximum atomic E-state index is 12.1. The number of hydrogen-bond acceptors (Lipinski definition) is 10. The van der Waals surface area contributed by atoms with Gasteiger partial charge < -0.3 is 20.2 Å². The topological polar surface area (TPSA) is 107 Å². The third-order valence-electron chi connectivity index (χ3n) is 6.17. The minimum absolute atomic E-state index is 0.0121. The predicted octanol–water partition coefficient (Wildman–Crippen LogP) is 2.04. The molecule has 2 aromatic rings. The fourth-order valence-electron chi connectivity index (χ4n) is 3.88. The predicted molar refractivity (Wildman–Crippen MR) is 133 cm³/mol. The van der Waals surface area contributed by atoms with Crippen LogP contribution in [0.15, 0.2) is 51.0 Å². The number of likely N-dealkylation sites (N-methyl/N-ethyl adjacent to an activating group) is 1. The van der Waals surface area contributed by atoms with Gasteiger partial charge in [-0.3, -0.25) is 9.79 Å². The van der Waals surface area contributed by atoms with Gasteiger partial charge in [0, 0.05) is 43.4 Å². The van der Waals surface area contributed by atoms with Gasteiger partial charge in [-0.05, 0) is 61.0 Å². The van der Waals surface area contributed by atoms with Gasteiger partial charge in [0.25, 0.3) is 0 Å². The molecule has 5 rings (SSSR count). The van der Waals surface area contributed by atoms with Crippen molar-refractivity contribution in [2.45, 2.75) is 29.3 Å². The fourth-order valence-corrected chi connectivity index (χ4v) is 4.63. The van der Waals surface area contributed by atoms with Gasteiger partial charge in [-0.25, -0.2) is 0 Å². The van der Waals surface area contributed by atoms with Gasteiger partial charge in [-0.15, -0.1) is 0 Å². The Hall–Kier alpha value is -2.82. The molecule has 2 N–H and O–H groups in total. The maximum absolute atomic E-state index is 12.1. The van der Waals surface area contributed by atoms with Crippen molar-refractivity contribution in [1.29, 1.82) is 0 Å². The molecule has 1 saturated carbocycles. The molecule has 10 heteroatoms. The minimum Gasteiger partial charge on any atom is -0.392 e. The quantitative estimate of drug-likeness (QED) is 0.588. The molecule has 0 unspecified atom stereocenters. The molecule has 3 heterocycles. The van der Waals surface area contributed by atoms with Crippen LogP contribution < -0.4 is 10.2 Å². The zero-order chi connectivity index (χ0) is 23.5. The third kappa shape index (κ3) is 5.81. The number of carbonyl (C=O) groups excluding carboxylic acids is 1. The summed E-state index contributed by atoms with van der Waals surface area (Å²) in [6, 6.07) is 8.06. The lowest BCUT2D eigenvalue weighted by atomic mass is 10.1. The average Bonchev–Trinajstić information content (AvgIpc) is 3.60. The van der Waals surface area contributed by atoms with Crippen molar-refractivity contribution in [2.75, 3.05) is 56.6 Å². The lowest BCUT2D eigenvalue weighted by molar-refractivity contribution is -0.119. The van der Waals surface area contributed by atoms with E-state index in [0.717, 1.165) is 55.1 Å². The van der Waals surface area contributed by atoms with E-state index in [-0.39, 0.29) is 12.5 Å². The first kappa shape index (κ1) is 22.9. The van der Waals surface area contributed by atoms with Crippen LogP contribution in [0.5, 0.6) is 0 Å². The Bertz CT molecular complexity index is 1110. The van der Waals surface area contributed by atoms with Crippen LogP contribution in [0, 0.1) is 5.92 Å².